The Morgan fingerprint density at radius 1 is 0.960 bits per heavy atom. The van der Waals surface area contributed by atoms with Gasteiger partial charge in [-0.15, -0.1) is 0 Å². The maximum atomic E-state index is 12.7. The standard InChI is InChI=1S/C19H18N2O4/c1-23-13-6-7-15(17(11-13)25-3)19(22)21-16-10-14(24-2)9-12-5-4-8-20-18(12)16/h4-11H,1-3H3,(H,21,22). The highest BCUT2D eigenvalue weighted by molar-refractivity contribution is 6.10. The fourth-order valence-corrected chi connectivity index (χ4v) is 2.55. The average Bonchev–Trinajstić information content (AvgIpc) is 2.67. The number of nitrogens with one attached hydrogen (secondary N) is 1. The van der Waals surface area contributed by atoms with Gasteiger partial charge >= 0.3 is 0 Å². The predicted molar refractivity (Wildman–Crippen MR) is 95.8 cm³/mol. The van der Waals surface area contributed by atoms with E-state index < -0.39 is 0 Å². The summed E-state index contributed by atoms with van der Waals surface area (Å²) >= 11 is 0. The number of amides is 1. The molecule has 6 nitrogen and oxygen atoms in total. The number of hydrogen-bond acceptors (Lipinski definition) is 5. The van der Waals surface area contributed by atoms with E-state index in [-0.39, 0.29) is 5.91 Å². The third kappa shape index (κ3) is 3.33. The van der Waals surface area contributed by atoms with E-state index in [0.29, 0.717) is 34.0 Å². The van der Waals surface area contributed by atoms with Crippen molar-refractivity contribution in [2.45, 2.75) is 0 Å². The van der Waals surface area contributed by atoms with E-state index in [1.807, 2.05) is 18.2 Å². The molecule has 0 saturated carbocycles. The molecule has 6 heteroatoms. The number of benzene rings is 2. The number of pyridine rings is 1. The summed E-state index contributed by atoms with van der Waals surface area (Å²) in [6.45, 7) is 0. The number of ether oxygens (including phenoxy) is 3. The van der Waals surface area contributed by atoms with Crippen molar-refractivity contribution in [3.63, 3.8) is 0 Å². The van der Waals surface area contributed by atoms with Crippen LogP contribution in [0.3, 0.4) is 0 Å². The number of aromatic nitrogens is 1. The third-order valence-electron chi connectivity index (χ3n) is 3.82. The molecule has 25 heavy (non-hydrogen) atoms. The Hall–Kier alpha value is -3.28. The monoisotopic (exact) mass is 338 g/mol. The number of carbonyl (C=O) groups excluding carboxylic acids is 1. The van der Waals surface area contributed by atoms with E-state index in [1.165, 1.54) is 7.11 Å². The van der Waals surface area contributed by atoms with E-state index in [4.69, 9.17) is 14.2 Å². The summed E-state index contributed by atoms with van der Waals surface area (Å²) < 4.78 is 15.8. The fourth-order valence-electron chi connectivity index (χ4n) is 2.55. The zero-order valence-electron chi connectivity index (χ0n) is 14.2. The zero-order valence-corrected chi connectivity index (χ0v) is 14.2. The highest BCUT2D eigenvalue weighted by atomic mass is 16.5. The van der Waals surface area contributed by atoms with Crippen molar-refractivity contribution in [2.24, 2.45) is 0 Å². The molecule has 0 spiro atoms. The van der Waals surface area contributed by atoms with Crippen LogP contribution in [0.1, 0.15) is 10.4 Å². The normalized spacial score (nSPS) is 10.4. The summed E-state index contributed by atoms with van der Waals surface area (Å²) in [5, 5.41) is 3.76. The number of fused-ring (bicyclic) bond motifs is 1. The van der Waals surface area contributed by atoms with Crippen LogP contribution in [0.25, 0.3) is 10.9 Å². The van der Waals surface area contributed by atoms with Crippen molar-refractivity contribution in [3.8, 4) is 17.2 Å². The molecule has 1 amide bonds. The maximum Gasteiger partial charge on any atom is 0.259 e. The lowest BCUT2D eigenvalue weighted by Crippen LogP contribution is -2.14. The smallest absolute Gasteiger partial charge is 0.259 e. The van der Waals surface area contributed by atoms with Crippen LogP contribution in [-0.4, -0.2) is 32.2 Å². The van der Waals surface area contributed by atoms with Crippen LogP contribution >= 0.6 is 0 Å². The third-order valence-corrected chi connectivity index (χ3v) is 3.82. The molecule has 2 aromatic carbocycles. The van der Waals surface area contributed by atoms with Crippen molar-refractivity contribution in [1.82, 2.24) is 4.98 Å². The zero-order chi connectivity index (χ0) is 17.8. The lowest BCUT2D eigenvalue weighted by molar-refractivity contribution is 0.102. The molecule has 0 radical (unpaired) electrons. The Balaban J connectivity index is 2.00. The van der Waals surface area contributed by atoms with Crippen molar-refractivity contribution in [1.29, 1.82) is 0 Å². The van der Waals surface area contributed by atoms with E-state index in [0.717, 1.165) is 5.39 Å². The number of rotatable bonds is 5. The first-order valence-corrected chi connectivity index (χ1v) is 7.62. The van der Waals surface area contributed by atoms with Gasteiger partial charge in [0.05, 0.1) is 38.1 Å². The molecular weight excluding hydrogens is 320 g/mol. The van der Waals surface area contributed by atoms with Gasteiger partial charge in [0.1, 0.15) is 17.2 Å². The van der Waals surface area contributed by atoms with Gasteiger partial charge in [-0.25, -0.2) is 0 Å². The van der Waals surface area contributed by atoms with Crippen molar-refractivity contribution in [3.05, 3.63) is 54.2 Å². The Kier molecular flexibility index (Phi) is 4.70. The number of methoxy groups -OCH3 is 3. The highest BCUT2D eigenvalue weighted by Gasteiger charge is 2.16. The molecule has 0 unspecified atom stereocenters. The number of hydrogen-bond donors (Lipinski definition) is 1. The second kappa shape index (κ2) is 7.09. The van der Waals surface area contributed by atoms with E-state index in [2.05, 4.69) is 10.3 Å². The maximum absolute atomic E-state index is 12.7. The van der Waals surface area contributed by atoms with Gasteiger partial charge in [-0.05, 0) is 24.3 Å². The largest absolute Gasteiger partial charge is 0.497 e. The Labute approximate surface area is 145 Å². The summed E-state index contributed by atoms with van der Waals surface area (Å²) in [5.41, 5.74) is 1.65. The molecule has 1 N–H and O–H groups in total. The fraction of sp³-hybridized carbons (Fsp3) is 0.158. The molecule has 0 aliphatic heterocycles. The van der Waals surface area contributed by atoms with Crippen LogP contribution in [0.2, 0.25) is 0 Å². The molecule has 128 valence electrons. The molecule has 3 rings (SSSR count). The SMILES string of the molecule is COc1ccc(C(=O)Nc2cc(OC)cc3cccnc23)c(OC)c1. The molecule has 0 aliphatic carbocycles. The van der Waals surface area contributed by atoms with Gasteiger partial charge in [0.15, 0.2) is 0 Å². The first-order valence-electron chi connectivity index (χ1n) is 7.62. The minimum atomic E-state index is -0.306. The van der Waals surface area contributed by atoms with Gasteiger partial charge in [0.25, 0.3) is 5.91 Å². The average molecular weight is 338 g/mol. The van der Waals surface area contributed by atoms with Crippen LogP contribution in [0.15, 0.2) is 48.7 Å². The summed E-state index contributed by atoms with van der Waals surface area (Å²) in [6.07, 6.45) is 1.68. The highest BCUT2D eigenvalue weighted by Crippen LogP contribution is 2.30. The minimum Gasteiger partial charge on any atom is -0.497 e. The van der Waals surface area contributed by atoms with E-state index in [1.54, 1.807) is 44.7 Å². The summed E-state index contributed by atoms with van der Waals surface area (Å²) in [4.78, 5) is 17.1. The Morgan fingerprint density at radius 2 is 1.76 bits per heavy atom. The van der Waals surface area contributed by atoms with Gasteiger partial charge in [-0.3, -0.25) is 9.78 Å². The molecule has 0 aliphatic rings. The summed E-state index contributed by atoms with van der Waals surface area (Å²) in [6, 6.07) is 12.4. The topological polar surface area (TPSA) is 69.7 Å². The molecule has 0 saturated heterocycles. The Bertz CT molecular complexity index is 924. The molecule has 3 aromatic rings. The number of nitrogens with zero attached hydrogens (tertiary/aromatic N) is 1. The van der Waals surface area contributed by atoms with E-state index in [9.17, 15) is 4.79 Å². The molecule has 0 fully saturated rings. The van der Waals surface area contributed by atoms with Crippen molar-refractivity contribution in [2.75, 3.05) is 26.6 Å². The van der Waals surface area contributed by atoms with Gasteiger partial charge in [-0.1, -0.05) is 6.07 Å². The minimum absolute atomic E-state index is 0.306. The van der Waals surface area contributed by atoms with Gasteiger partial charge in [-0.2, -0.15) is 0 Å². The lowest BCUT2D eigenvalue weighted by atomic mass is 10.1. The molecule has 0 bridgehead atoms. The van der Waals surface area contributed by atoms with Crippen molar-refractivity contribution >= 4 is 22.5 Å². The first kappa shape index (κ1) is 16.6. The molecule has 0 atom stereocenters. The lowest BCUT2D eigenvalue weighted by Gasteiger charge is -2.13. The molecule has 1 aromatic heterocycles. The molecule has 1 heterocycles. The van der Waals surface area contributed by atoms with E-state index >= 15 is 0 Å². The first-order chi connectivity index (χ1) is 12.2. The Morgan fingerprint density at radius 3 is 2.48 bits per heavy atom. The predicted octanol–water partition coefficient (Wildman–Crippen LogP) is 3.51. The van der Waals surface area contributed by atoms with Crippen LogP contribution in [0, 0.1) is 0 Å². The van der Waals surface area contributed by atoms with Gasteiger partial charge in [0.2, 0.25) is 0 Å². The van der Waals surface area contributed by atoms with Crippen LogP contribution < -0.4 is 19.5 Å². The summed E-state index contributed by atoms with van der Waals surface area (Å²) in [5.74, 6) is 1.37. The summed E-state index contributed by atoms with van der Waals surface area (Å²) in [7, 11) is 4.65. The second-order valence-corrected chi connectivity index (χ2v) is 5.27. The van der Waals surface area contributed by atoms with Crippen LogP contribution in [0.5, 0.6) is 17.2 Å². The number of carbonyl (C=O) groups is 1. The van der Waals surface area contributed by atoms with Gasteiger partial charge < -0.3 is 19.5 Å². The van der Waals surface area contributed by atoms with Crippen molar-refractivity contribution < 1.29 is 19.0 Å². The quantitative estimate of drug-likeness (QED) is 0.771. The van der Waals surface area contributed by atoms with Crippen LogP contribution in [-0.2, 0) is 0 Å². The number of anilines is 1. The molecular formula is C19H18N2O4. The second-order valence-electron chi connectivity index (χ2n) is 5.27. The van der Waals surface area contributed by atoms with Crippen LogP contribution in [0.4, 0.5) is 5.69 Å². The van der Waals surface area contributed by atoms with Gasteiger partial charge in [0, 0.05) is 23.7 Å².